The van der Waals surface area contributed by atoms with Crippen LogP contribution in [0, 0.1) is 0 Å². The van der Waals surface area contributed by atoms with Crippen LogP contribution in [0.2, 0.25) is 0 Å². The van der Waals surface area contributed by atoms with Crippen molar-refractivity contribution in [3.05, 3.63) is 23.8 Å². The van der Waals surface area contributed by atoms with E-state index in [1.54, 1.807) is 18.2 Å². The van der Waals surface area contributed by atoms with Crippen molar-refractivity contribution in [1.29, 1.82) is 0 Å². The van der Waals surface area contributed by atoms with Crippen molar-refractivity contribution >= 4 is 11.6 Å². The molecule has 0 bridgehead atoms. The van der Waals surface area contributed by atoms with Crippen LogP contribution in [-0.4, -0.2) is 42.7 Å². The highest BCUT2D eigenvalue weighted by Crippen LogP contribution is 2.28. The van der Waals surface area contributed by atoms with Gasteiger partial charge in [-0.05, 0) is 32.9 Å². The molecule has 1 amide bonds. The second-order valence-corrected chi connectivity index (χ2v) is 5.10. The molecule has 2 unspecified atom stereocenters. The molecule has 5 nitrogen and oxygen atoms in total. The van der Waals surface area contributed by atoms with E-state index in [1.807, 2.05) is 25.7 Å². The number of nitrogen functional groups attached to an aromatic ring is 1. The van der Waals surface area contributed by atoms with Gasteiger partial charge in [0.15, 0.2) is 0 Å². The van der Waals surface area contributed by atoms with E-state index in [9.17, 15) is 4.79 Å². The Hall–Kier alpha value is -1.75. The number of benzene rings is 1. The monoisotopic (exact) mass is 278 g/mol. The van der Waals surface area contributed by atoms with Crippen LogP contribution in [0.1, 0.15) is 31.1 Å². The minimum absolute atomic E-state index is 0.0350. The lowest BCUT2D eigenvalue weighted by molar-refractivity contribution is -0.0387. The van der Waals surface area contributed by atoms with E-state index >= 15 is 0 Å². The summed E-state index contributed by atoms with van der Waals surface area (Å²) in [5.41, 5.74) is 6.89. The molecule has 2 rings (SSSR count). The molecule has 0 aliphatic carbocycles. The number of rotatable bonds is 3. The van der Waals surface area contributed by atoms with Gasteiger partial charge in [-0.25, -0.2) is 0 Å². The average Bonchev–Trinajstić information content (AvgIpc) is 2.41. The first-order chi connectivity index (χ1) is 9.54. The summed E-state index contributed by atoms with van der Waals surface area (Å²) in [7, 11) is 0. The molecule has 1 aliphatic heterocycles. The van der Waals surface area contributed by atoms with Crippen LogP contribution in [0.15, 0.2) is 18.2 Å². The highest BCUT2D eigenvalue weighted by molar-refractivity contribution is 6.02. The van der Waals surface area contributed by atoms with E-state index in [2.05, 4.69) is 0 Å². The molecule has 110 valence electrons. The first-order valence-electron chi connectivity index (χ1n) is 6.98. The summed E-state index contributed by atoms with van der Waals surface area (Å²) >= 11 is 0. The molecule has 20 heavy (non-hydrogen) atoms. The largest absolute Gasteiger partial charge is 0.493 e. The fourth-order valence-corrected chi connectivity index (χ4v) is 2.38. The third-order valence-corrected chi connectivity index (χ3v) is 3.44. The highest BCUT2D eigenvalue weighted by Gasteiger charge is 2.30. The van der Waals surface area contributed by atoms with Crippen molar-refractivity contribution in [3.8, 4) is 5.75 Å². The minimum atomic E-state index is -0.0887. The van der Waals surface area contributed by atoms with Crippen LogP contribution in [-0.2, 0) is 4.74 Å². The number of morpholine rings is 1. The Morgan fingerprint density at radius 2 is 2.25 bits per heavy atom. The Kier molecular flexibility index (Phi) is 4.49. The predicted molar refractivity (Wildman–Crippen MR) is 77.9 cm³/mol. The van der Waals surface area contributed by atoms with Crippen LogP contribution in [0.25, 0.3) is 0 Å². The third kappa shape index (κ3) is 2.88. The first-order valence-corrected chi connectivity index (χ1v) is 6.98. The van der Waals surface area contributed by atoms with Crippen LogP contribution in [0.4, 0.5) is 5.69 Å². The lowest BCUT2D eigenvalue weighted by Crippen LogP contribution is -2.50. The third-order valence-electron chi connectivity index (χ3n) is 3.44. The maximum atomic E-state index is 12.8. The Labute approximate surface area is 119 Å². The molecule has 1 aromatic rings. The average molecular weight is 278 g/mol. The number of anilines is 1. The zero-order valence-electron chi connectivity index (χ0n) is 12.3. The summed E-state index contributed by atoms with van der Waals surface area (Å²) in [5, 5.41) is 0. The van der Waals surface area contributed by atoms with Gasteiger partial charge in [0.25, 0.3) is 5.91 Å². The maximum absolute atomic E-state index is 12.8. The predicted octanol–water partition coefficient (Wildman–Crippen LogP) is 1.92. The van der Waals surface area contributed by atoms with Gasteiger partial charge in [-0.3, -0.25) is 4.79 Å². The van der Waals surface area contributed by atoms with Gasteiger partial charge in [0.05, 0.1) is 25.4 Å². The van der Waals surface area contributed by atoms with Crippen molar-refractivity contribution in [2.45, 2.75) is 32.9 Å². The molecule has 1 heterocycles. The maximum Gasteiger partial charge on any atom is 0.260 e. The van der Waals surface area contributed by atoms with Crippen molar-refractivity contribution in [2.24, 2.45) is 0 Å². The molecule has 1 fully saturated rings. The van der Waals surface area contributed by atoms with Gasteiger partial charge in [-0.2, -0.15) is 0 Å². The van der Waals surface area contributed by atoms with Crippen molar-refractivity contribution in [3.63, 3.8) is 0 Å². The molecule has 0 aromatic heterocycles. The molecular weight excluding hydrogens is 256 g/mol. The van der Waals surface area contributed by atoms with Gasteiger partial charge in [0.1, 0.15) is 11.3 Å². The molecular formula is C15H22N2O3. The molecule has 0 radical (unpaired) electrons. The Balaban J connectivity index is 2.32. The summed E-state index contributed by atoms with van der Waals surface area (Å²) < 4.78 is 11.1. The molecule has 0 spiro atoms. The Morgan fingerprint density at radius 3 is 2.95 bits per heavy atom. The van der Waals surface area contributed by atoms with E-state index in [0.717, 1.165) is 0 Å². The second-order valence-electron chi connectivity index (χ2n) is 5.10. The van der Waals surface area contributed by atoms with E-state index in [4.69, 9.17) is 15.2 Å². The number of hydrogen-bond donors (Lipinski definition) is 1. The number of nitrogens with zero attached hydrogens (tertiary/aromatic N) is 1. The van der Waals surface area contributed by atoms with Crippen molar-refractivity contribution < 1.29 is 14.3 Å². The molecule has 1 aromatic carbocycles. The van der Waals surface area contributed by atoms with Gasteiger partial charge in [0.2, 0.25) is 0 Å². The summed E-state index contributed by atoms with van der Waals surface area (Å²) in [6.45, 7) is 7.44. The number of nitrogens with two attached hydrogens (primary N) is 1. The van der Waals surface area contributed by atoms with Crippen LogP contribution in [0.5, 0.6) is 5.75 Å². The van der Waals surface area contributed by atoms with Crippen LogP contribution in [0.3, 0.4) is 0 Å². The zero-order chi connectivity index (χ0) is 14.7. The minimum Gasteiger partial charge on any atom is -0.493 e. The normalized spacial score (nSPS) is 22.6. The fourth-order valence-electron chi connectivity index (χ4n) is 2.38. The topological polar surface area (TPSA) is 64.8 Å². The van der Waals surface area contributed by atoms with Crippen LogP contribution < -0.4 is 10.5 Å². The van der Waals surface area contributed by atoms with Crippen LogP contribution >= 0.6 is 0 Å². The lowest BCUT2D eigenvalue weighted by Gasteiger charge is -2.37. The number of amides is 1. The lowest BCUT2D eigenvalue weighted by atomic mass is 10.1. The molecule has 1 saturated heterocycles. The van der Waals surface area contributed by atoms with Gasteiger partial charge in [-0.1, -0.05) is 6.07 Å². The van der Waals surface area contributed by atoms with Gasteiger partial charge in [-0.15, -0.1) is 0 Å². The van der Waals surface area contributed by atoms with E-state index in [1.165, 1.54) is 0 Å². The van der Waals surface area contributed by atoms with E-state index < -0.39 is 0 Å². The smallest absolute Gasteiger partial charge is 0.260 e. The highest BCUT2D eigenvalue weighted by atomic mass is 16.5. The quantitative estimate of drug-likeness (QED) is 0.858. The van der Waals surface area contributed by atoms with Crippen molar-refractivity contribution in [2.75, 3.05) is 25.5 Å². The molecule has 5 heteroatoms. The molecule has 2 atom stereocenters. The number of ether oxygens (including phenoxy) is 2. The molecule has 2 N–H and O–H groups in total. The number of carbonyl (C=O) groups excluding carboxylic acids is 1. The van der Waals surface area contributed by atoms with Gasteiger partial charge >= 0.3 is 0 Å². The summed E-state index contributed by atoms with van der Waals surface area (Å²) in [5.74, 6) is 0.457. The first kappa shape index (κ1) is 14.7. The SMILES string of the molecule is CCOc1cccc(N)c1C(=O)N1CC(C)OCC1C. The standard InChI is InChI=1S/C15H22N2O3/c1-4-19-13-7-5-6-12(16)14(13)15(18)17-8-11(3)20-9-10(17)2/h5-7,10-11H,4,8-9,16H2,1-3H3. The zero-order valence-corrected chi connectivity index (χ0v) is 12.3. The Morgan fingerprint density at radius 1 is 1.50 bits per heavy atom. The number of carbonyl (C=O) groups is 1. The fraction of sp³-hybridized carbons (Fsp3) is 0.533. The van der Waals surface area contributed by atoms with Gasteiger partial charge < -0.3 is 20.1 Å². The summed E-state index contributed by atoms with van der Waals surface area (Å²) in [6.07, 6.45) is 0.0376. The van der Waals surface area contributed by atoms with E-state index in [-0.39, 0.29) is 18.1 Å². The van der Waals surface area contributed by atoms with Gasteiger partial charge in [0, 0.05) is 12.2 Å². The second kappa shape index (κ2) is 6.13. The Bertz CT molecular complexity index is 490. The summed E-state index contributed by atoms with van der Waals surface area (Å²) in [4.78, 5) is 14.6. The molecule has 1 aliphatic rings. The van der Waals surface area contributed by atoms with Crippen molar-refractivity contribution in [1.82, 2.24) is 4.90 Å². The van der Waals surface area contributed by atoms with E-state index in [0.29, 0.717) is 36.8 Å². The molecule has 0 saturated carbocycles. The number of hydrogen-bond acceptors (Lipinski definition) is 4. The summed E-state index contributed by atoms with van der Waals surface area (Å²) in [6, 6.07) is 5.33.